The number of pyridine rings is 1. The maximum Gasteiger partial charge on any atom is 0.229 e. The zero-order valence-corrected chi connectivity index (χ0v) is 16.8. The number of fused-ring (bicyclic) bond motifs is 1. The fourth-order valence-corrected chi connectivity index (χ4v) is 3.59. The molecular formula is C21H14Cl3N2O. The zero-order chi connectivity index (χ0) is 19.1. The van der Waals surface area contributed by atoms with Gasteiger partial charge >= 0.3 is 0 Å². The molecule has 0 atom stereocenters. The molecule has 0 bridgehead atoms. The average Bonchev–Trinajstić information content (AvgIpc) is 3.04. The number of rotatable bonds is 3. The normalized spacial score (nSPS) is 11.1. The summed E-state index contributed by atoms with van der Waals surface area (Å²) in [5.74, 6) is 0. The van der Waals surface area contributed by atoms with Crippen molar-refractivity contribution in [3.63, 3.8) is 0 Å². The van der Waals surface area contributed by atoms with Gasteiger partial charge in [-0.05, 0) is 42.0 Å². The van der Waals surface area contributed by atoms with Gasteiger partial charge in [-0.2, -0.15) is 0 Å². The number of anilines is 1. The molecule has 1 radical (unpaired) electrons. The second kappa shape index (κ2) is 7.08. The maximum atomic E-state index is 6.46. The Kier molecular flexibility index (Phi) is 4.77. The van der Waals surface area contributed by atoms with Crippen LogP contribution < -0.4 is 4.90 Å². The van der Waals surface area contributed by atoms with Crippen LogP contribution in [0.3, 0.4) is 0 Å². The Labute approximate surface area is 172 Å². The van der Waals surface area contributed by atoms with E-state index in [0.717, 1.165) is 27.8 Å². The first-order valence-corrected chi connectivity index (χ1v) is 9.31. The molecule has 2 aromatic carbocycles. The Morgan fingerprint density at radius 2 is 1.59 bits per heavy atom. The van der Waals surface area contributed by atoms with Crippen molar-refractivity contribution >= 4 is 51.6 Å². The maximum absolute atomic E-state index is 6.46. The fraction of sp³-hybridized carbons (Fsp3) is 0.0952. The molecule has 0 N–H and O–H groups in total. The molecule has 0 unspecified atom stereocenters. The van der Waals surface area contributed by atoms with Crippen LogP contribution >= 0.6 is 34.8 Å². The molecule has 0 aliphatic heterocycles. The van der Waals surface area contributed by atoms with Gasteiger partial charge in [0.05, 0.1) is 21.8 Å². The molecule has 4 rings (SSSR count). The molecule has 0 fully saturated rings. The Bertz CT molecular complexity index is 1130. The highest BCUT2D eigenvalue weighted by Gasteiger charge is 2.18. The molecule has 0 saturated carbocycles. The minimum atomic E-state index is 0.498. The minimum absolute atomic E-state index is 0.498. The van der Waals surface area contributed by atoms with Crippen molar-refractivity contribution < 1.29 is 4.42 Å². The van der Waals surface area contributed by atoms with E-state index in [4.69, 9.17) is 44.2 Å². The monoisotopic (exact) mass is 415 g/mol. The van der Waals surface area contributed by atoms with Crippen molar-refractivity contribution in [2.24, 2.45) is 0 Å². The molecular weight excluding hydrogens is 403 g/mol. The number of furan rings is 1. The van der Waals surface area contributed by atoms with Crippen LogP contribution in [0.2, 0.25) is 15.1 Å². The highest BCUT2D eigenvalue weighted by Crippen LogP contribution is 2.40. The lowest BCUT2D eigenvalue weighted by atomic mass is 9.98. The van der Waals surface area contributed by atoms with Crippen molar-refractivity contribution in [3.05, 3.63) is 69.9 Å². The van der Waals surface area contributed by atoms with E-state index in [1.54, 1.807) is 12.1 Å². The topological polar surface area (TPSA) is 29.3 Å². The number of hydrogen-bond acceptors (Lipinski definition) is 3. The average molecular weight is 417 g/mol. The molecule has 135 valence electrons. The second-order valence-electron chi connectivity index (χ2n) is 6.32. The van der Waals surface area contributed by atoms with Gasteiger partial charge in [0.15, 0.2) is 6.26 Å². The van der Waals surface area contributed by atoms with Gasteiger partial charge in [-0.1, -0.05) is 46.9 Å². The number of aromatic nitrogens is 1. The summed E-state index contributed by atoms with van der Waals surface area (Å²) in [5.41, 5.74) is 4.70. The van der Waals surface area contributed by atoms with Gasteiger partial charge in [0.25, 0.3) is 0 Å². The van der Waals surface area contributed by atoms with Gasteiger partial charge in [-0.15, -0.1) is 0 Å². The summed E-state index contributed by atoms with van der Waals surface area (Å²) in [5, 5.41) is 2.63. The second-order valence-corrected chi connectivity index (χ2v) is 7.60. The molecule has 3 nitrogen and oxygen atoms in total. The van der Waals surface area contributed by atoms with Crippen LogP contribution in [-0.4, -0.2) is 19.1 Å². The fourth-order valence-electron chi connectivity index (χ4n) is 2.96. The first kappa shape index (κ1) is 18.2. The summed E-state index contributed by atoms with van der Waals surface area (Å²) >= 11 is 18.6. The Balaban J connectivity index is 2.04. The molecule has 27 heavy (non-hydrogen) atoms. The first-order chi connectivity index (χ1) is 12.9. The van der Waals surface area contributed by atoms with E-state index in [0.29, 0.717) is 26.5 Å². The molecule has 0 aliphatic rings. The standard InChI is InChI=1S/C21H14Cl3N2O/c1-26(2)19-11-27-21-17(19)10-16(12-3-5-13(22)6-4-12)20(25-21)15-8-7-14(23)9-18(15)24/h3-10H,1-2H3. The number of hydrogen-bond donors (Lipinski definition) is 0. The lowest BCUT2D eigenvalue weighted by Crippen LogP contribution is -2.07. The van der Waals surface area contributed by atoms with Crippen LogP contribution in [0, 0.1) is 6.26 Å². The zero-order valence-electron chi connectivity index (χ0n) is 14.6. The van der Waals surface area contributed by atoms with Gasteiger partial charge < -0.3 is 9.32 Å². The van der Waals surface area contributed by atoms with E-state index in [1.165, 1.54) is 0 Å². The van der Waals surface area contributed by atoms with Crippen LogP contribution in [0.1, 0.15) is 0 Å². The molecule has 0 amide bonds. The molecule has 2 heterocycles. The summed E-state index contributed by atoms with van der Waals surface area (Å²) < 4.78 is 5.58. The number of nitrogens with zero attached hydrogens (tertiary/aromatic N) is 2. The molecule has 6 heteroatoms. The lowest BCUT2D eigenvalue weighted by molar-refractivity contribution is 0.594. The van der Waals surface area contributed by atoms with Crippen LogP contribution in [0.5, 0.6) is 0 Å². The number of benzene rings is 2. The van der Waals surface area contributed by atoms with E-state index in [9.17, 15) is 0 Å². The Hall–Kier alpha value is -2.20. The van der Waals surface area contributed by atoms with Crippen LogP contribution in [0.4, 0.5) is 5.69 Å². The lowest BCUT2D eigenvalue weighted by Gasteiger charge is -2.13. The van der Waals surface area contributed by atoms with Crippen molar-refractivity contribution in [2.75, 3.05) is 19.0 Å². The predicted octanol–water partition coefficient (Wildman–Crippen LogP) is 6.99. The summed E-state index contributed by atoms with van der Waals surface area (Å²) in [4.78, 5) is 6.69. The van der Waals surface area contributed by atoms with Gasteiger partial charge in [0, 0.05) is 35.3 Å². The smallest absolute Gasteiger partial charge is 0.229 e. The van der Waals surface area contributed by atoms with Crippen molar-refractivity contribution in [1.29, 1.82) is 0 Å². The summed E-state index contributed by atoms with van der Waals surface area (Å²) in [7, 11) is 3.87. The van der Waals surface area contributed by atoms with E-state index in [2.05, 4.69) is 6.26 Å². The quantitative estimate of drug-likeness (QED) is 0.360. The third-order valence-electron chi connectivity index (χ3n) is 4.28. The highest BCUT2D eigenvalue weighted by molar-refractivity contribution is 6.36. The summed E-state index contributed by atoms with van der Waals surface area (Å²) in [6.45, 7) is 0. The third-order valence-corrected chi connectivity index (χ3v) is 5.08. The Morgan fingerprint density at radius 3 is 2.26 bits per heavy atom. The summed E-state index contributed by atoms with van der Waals surface area (Å²) in [6, 6.07) is 15.0. The van der Waals surface area contributed by atoms with Crippen molar-refractivity contribution in [2.45, 2.75) is 0 Å². The van der Waals surface area contributed by atoms with Crippen molar-refractivity contribution in [3.8, 4) is 22.4 Å². The third kappa shape index (κ3) is 3.39. The molecule has 0 spiro atoms. The van der Waals surface area contributed by atoms with Gasteiger partial charge in [-0.25, -0.2) is 4.98 Å². The van der Waals surface area contributed by atoms with Gasteiger partial charge in [-0.3, -0.25) is 0 Å². The number of halogens is 3. The van der Waals surface area contributed by atoms with Crippen LogP contribution in [0.25, 0.3) is 33.5 Å². The summed E-state index contributed by atoms with van der Waals surface area (Å²) in [6.07, 6.45) is 2.92. The van der Waals surface area contributed by atoms with E-state index in [-0.39, 0.29) is 0 Å². The van der Waals surface area contributed by atoms with Crippen molar-refractivity contribution in [1.82, 2.24) is 4.98 Å². The predicted molar refractivity (Wildman–Crippen MR) is 113 cm³/mol. The molecule has 2 aromatic heterocycles. The van der Waals surface area contributed by atoms with Crippen LogP contribution in [-0.2, 0) is 0 Å². The SMILES string of the molecule is CN(C)c1[c]oc2nc(-c3ccc(Cl)cc3Cl)c(-c3ccc(Cl)cc3)cc12. The van der Waals surface area contributed by atoms with Crippen LogP contribution in [0.15, 0.2) is 52.9 Å². The van der Waals surface area contributed by atoms with Gasteiger partial charge in [0.1, 0.15) is 0 Å². The molecule has 0 aliphatic carbocycles. The highest BCUT2D eigenvalue weighted by atomic mass is 35.5. The Morgan fingerprint density at radius 1 is 0.889 bits per heavy atom. The van der Waals surface area contributed by atoms with E-state index < -0.39 is 0 Å². The van der Waals surface area contributed by atoms with E-state index in [1.807, 2.05) is 55.4 Å². The van der Waals surface area contributed by atoms with Gasteiger partial charge in [0.2, 0.25) is 5.71 Å². The van der Waals surface area contributed by atoms with E-state index >= 15 is 0 Å². The minimum Gasteiger partial charge on any atom is -0.432 e. The largest absolute Gasteiger partial charge is 0.432 e. The molecule has 4 aromatic rings. The molecule has 0 saturated heterocycles. The first-order valence-electron chi connectivity index (χ1n) is 8.18.